The highest BCUT2D eigenvalue weighted by molar-refractivity contribution is 6.02. The molecule has 0 saturated heterocycles. The molecular formula is C21H23N5O2. The first-order valence-corrected chi connectivity index (χ1v) is 9.48. The monoisotopic (exact) mass is 377 g/mol. The zero-order valence-corrected chi connectivity index (χ0v) is 15.8. The van der Waals surface area contributed by atoms with E-state index in [4.69, 9.17) is 0 Å². The van der Waals surface area contributed by atoms with Gasteiger partial charge in [0.25, 0.3) is 5.91 Å². The number of aryl methyl sites for hydroxylation is 3. The van der Waals surface area contributed by atoms with E-state index in [0.717, 1.165) is 54.0 Å². The van der Waals surface area contributed by atoms with Gasteiger partial charge in [-0.1, -0.05) is 18.2 Å². The maximum Gasteiger partial charge on any atom is 0.274 e. The predicted molar refractivity (Wildman–Crippen MR) is 105 cm³/mol. The Morgan fingerprint density at radius 3 is 2.82 bits per heavy atom. The minimum Gasteiger partial charge on any atom is -0.392 e. The number of aromatic nitrogens is 4. The zero-order chi connectivity index (χ0) is 19.5. The fraction of sp³-hybridized carbons (Fsp3) is 0.333. The molecule has 1 aliphatic rings. The summed E-state index contributed by atoms with van der Waals surface area (Å²) in [6.07, 6.45) is 5.42. The number of aliphatic hydroxyl groups is 1. The Hall–Kier alpha value is -3.06. The van der Waals surface area contributed by atoms with Gasteiger partial charge in [0.05, 0.1) is 6.61 Å². The average Bonchev–Trinajstić information content (AvgIpc) is 3.48. The molecule has 28 heavy (non-hydrogen) atoms. The van der Waals surface area contributed by atoms with Crippen LogP contribution >= 0.6 is 0 Å². The molecule has 2 heterocycles. The largest absolute Gasteiger partial charge is 0.392 e. The van der Waals surface area contributed by atoms with Gasteiger partial charge in [0.1, 0.15) is 17.8 Å². The number of amides is 1. The van der Waals surface area contributed by atoms with Gasteiger partial charge >= 0.3 is 0 Å². The van der Waals surface area contributed by atoms with E-state index in [1.807, 2.05) is 35.9 Å². The fourth-order valence-corrected chi connectivity index (χ4v) is 3.26. The fourth-order valence-electron chi connectivity index (χ4n) is 3.26. The summed E-state index contributed by atoms with van der Waals surface area (Å²) in [6.45, 7) is -0.0473. The lowest BCUT2D eigenvalue weighted by Gasteiger charge is -2.10. The molecule has 1 saturated carbocycles. The number of hydrogen-bond donors (Lipinski definition) is 2. The van der Waals surface area contributed by atoms with Gasteiger partial charge < -0.3 is 15.0 Å². The summed E-state index contributed by atoms with van der Waals surface area (Å²) >= 11 is 0. The second-order valence-electron chi connectivity index (χ2n) is 7.19. The lowest BCUT2D eigenvalue weighted by molar-refractivity contribution is 0.102. The van der Waals surface area contributed by atoms with E-state index in [-0.39, 0.29) is 12.5 Å². The van der Waals surface area contributed by atoms with Crippen molar-refractivity contribution < 1.29 is 9.90 Å². The Morgan fingerprint density at radius 2 is 2.11 bits per heavy atom. The number of anilines is 1. The van der Waals surface area contributed by atoms with Crippen LogP contribution in [-0.2, 0) is 26.5 Å². The molecule has 7 heteroatoms. The van der Waals surface area contributed by atoms with Crippen LogP contribution in [0, 0.1) is 0 Å². The van der Waals surface area contributed by atoms with Crippen LogP contribution in [0.4, 0.5) is 5.69 Å². The quantitative estimate of drug-likeness (QED) is 0.660. The minimum atomic E-state index is -0.239. The number of carbonyl (C=O) groups is 1. The summed E-state index contributed by atoms with van der Waals surface area (Å²) in [7, 11) is 1.93. The Morgan fingerprint density at radius 1 is 1.25 bits per heavy atom. The number of pyridine rings is 1. The van der Waals surface area contributed by atoms with Gasteiger partial charge in [-0.3, -0.25) is 4.79 Å². The number of carbonyl (C=O) groups excluding carboxylic acids is 1. The van der Waals surface area contributed by atoms with E-state index in [2.05, 4.69) is 20.5 Å². The molecule has 1 aliphatic carbocycles. The first-order chi connectivity index (χ1) is 13.6. The van der Waals surface area contributed by atoms with E-state index in [0.29, 0.717) is 11.6 Å². The zero-order valence-electron chi connectivity index (χ0n) is 15.8. The van der Waals surface area contributed by atoms with Gasteiger partial charge in [-0.05, 0) is 48.6 Å². The molecule has 2 aromatic heterocycles. The van der Waals surface area contributed by atoms with Crippen LogP contribution in [0.2, 0.25) is 0 Å². The van der Waals surface area contributed by atoms with E-state index in [9.17, 15) is 9.90 Å². The highest BCUT2D eigenvalue weighted by Crippen LogP contribution is 2.40. The molecule has 144 valence electrons. The van der Waals surface area contributed by atoms with Crippen LogP contribution in [0.15, 0.2) is 42.7 Å². The molecule has 1 aromatic carbocycles. The van der Waals surface area contributed by atoms with E-state index in [1.165, 1.54) is 0 Å². The van der Waals surface area contributed by atoms with Crippen LogP contribution < -0.4 is 5.32 Å². The Bertz CT molecular complexity index is 994. The number of nitrogens with one attached hydrogen (secondary N) is 1. The maximum atomic E-state index is 12.7. The Kier molecular flexibility index (Phi) is 5.16. The van der Waals surface area contributed by atoms with Crippen LogP contribution in [-0.4, -0.2) is 30.8 Å². The molecule has 3 aromatic rings. The van der Waals surface area contributed by atoms with Crippen LogP contribution in [0.25, 0.3) is 0 Å². The Balaban J connectivity index is 1.44. The predicted octanol–water partition coefficient (Wildman–Crippen LogP) is 2.62. The van der Waals surface area contributed by atoms with E-state index in [1.54, 1.807) is 18.5 Å². The number of nitrogens with zero attached hydrogens (tertiary/aromatic N) is 4. The molecule has 0 bridgehead atoms. The molecule has 0 atom stereocenters. The molecule has 4 rings (SSSR count). The average molecular weight is 377 g/mol. The van der Waals surface area contributed by atoms with Crippen molar-refractivity contribution in [1.29, 1.82) is 0 Å². The molecule has 1 amide bonds. The van der Waals surface area contributed by atoms with Crippen LogP contribution in [0.1, 0.15) is 51.9 Å². The van der Waals surface area contributed by atoms with Crippen LogP contribution in [0.3, 0.4) is 0 Å². The van der Waals surface area contributed by atoms with Crippen molar-refractivity contribution in [3.8, 4) is 0 Å². The third-order valence-electron chi connectivity index (χ3n) is 5.01. The van der Waals surface area contributed by atoms with Gasteiger partial charge in [-0.15, -0.1) is 10.2 Å². The van der Waals surface area contributed by atoms with Gasteiger partial charge in [-0.2, -0.15) is 0 Å². The first kappa shape index (κ1) is 18.3. The first-order valence-electron chi connectivity index (χ1n) is 9.48. The third-order valence-corrected chi connectivity index (χ3v) is 5.01. The summed E-state index contributed by atoms with van der Waals surface area (Å²) in [4.78, 5) is 17.2. The van der Waals surface area contributed by atoms with Crippen molar-refractivity contribution in [3.63, 3.8) is 0 Å². The molecule has 0 aliphatic heterocycles. The van der Waals surface area contributed by atoms with Gasteiger partial charge in [0, 0.05) is 30.8 Å². The lowest BCUT2D eigenvalue weighted by atomic mass is 10.1. The molecular weight excluding hydrogens is 354 g/mol. The van der Waals surface area contributed by atoms with E-state index < -0.39 is 0 Å². The summed E-state index contributed by atoms with van der Waals surface area (Å²) in [6, 6.07) is 11.3. The highest BCUT2D eigenvalue weighted by atomic mass is 16.3. The second-order valence-corrected chi connectivity index (χ2v) is 7.19. The molecule has 2 N–H and O–H groups in total. The normalized spacial score (nSPS) is 13.5. The summed E-state index contributed by atoms with van der Waals surface area (Å²) < 4.78 is 1.91. The molecule has 0 unspecified atom stereocenters. The molecule has 1 fully saturated rings. The lowest BCUT2D eigenvalue weighted by Crippen LogP contribution is -2.15. The number of benzene rings is 1. The third kappa shape index (κ3) is 4.09. The second kappa shape index (κ2) is 7.90. The topological polar surface area (TPSA) is 92.9 Å². The number of rotatable bonds is 7. The van der Waals surface area contributed by atoms with Crippen molar-refractivity contribution >= 4 is 11.6 Å². The van der Waals surface area contributed by atoms with Gasteiger partial charge in [-0.25, -0.2) is 4.98 Å². The molecule has 7 nitrogen and oxygen atoms in total. The Labute approximate surface area is 163 Å². The highest BCUT2D eigenvalue weighted by Gasteiger charge is 2.28. The summed E-state index contributed by atoms with van der Waals surface area (Å²) in [5, 5.41) is 20.4. The van der Waals surface area contributed by atoms with Crippen molar-refractivity contribution in [3.05, 3.63) is 71.1 Å². The smallest absolute Gasteiger partial charge is 0.274 e. The van der Waals surface area contributed by atoms with Crippen molar-refractivity contribution in [2.75, 3.05) is 5.32 Å². The minimum absolute atomic E-state index is 0.0473. The van der Waals surface area contributed by atoms with E-state index >= 15 is 0 Å². The summed E-state index contributed by atoms with van der Waals surface area (Å²) in [5.74, 6) is 1.06. The standard InChI is InChI=1S/C21H23N5O2/c1-26-13-22-25-19(26)10-5-14-3-2-4-17(11-14)23-21(28)18-9-8-16(12-27)20(24-18)15-6-7-15/h2-4,8-9,11,13,15,27H,5-7,10,12H2,1H3,(H,23,28). The van der Waals surface area contributed by atoms with Crippen LogP contribution in [0.5, 0.6) is 0 Å². The number of hydrogen-bond acceptors (Lipinski definition) is 5. The van der Waals surface area contributed by atoms with Crippen molar-refractivity contribution in [2.45, 2.75) is 38.2 Å². The molecule has 0 radical (unpaired) electrons. The SMILES string of the molecule is Cn1cnnc1CCc1cccc(NC(=O)c2ccc(CO)c(C3CC3)n2)c1. The molecule has 0 spiro atoms. The van der Waals surface area contributed by atoms with Gasteiger partial charge in [0.2, 0.25) is 0 Å². The van der Waals surface area contributed by atoms with Crippen molar-refractivity contribution in [1.82, 2.24) is 19.7 Å². The van der Waals surface area contributed by atoms with Gasteiger partial charge in [0.15, 0.2) is 0 Å². The maximum absolute atomic E-state index is 12.7. The van der Waals surface area contributed by atoms with Crippen molar-refractivity contribution in [2.24, 2.45) is 7.05 Å². The summed E-state index contributed by atoms with van der Waals surface area (Å²) in [5.41, 5.74) is 3.89. The number of aliphatic hydroxyl groups excluding tert-OH is 1.